The first-order valence-electron chi connectivity index (χ1n) is 8.77. The molecule has 3 heteroatoms. The van der Waals surface area contributed by atoms with Crippen molar-refractivity contribution in [1.29, 1.82) is 0 Å². The maximum Gasteiger partial charge on any atom is 0.192 e. The number of aromatic amines is 1. The van der Waals surface area contributed by atoms with Gasteiger partial charge in [-0.1, -0.05) is 36.4 Å². The lowest BCUT2D eigenvalue weighted by Crippen LogP contribution is -3.00. The normalized spacial score (nSPS) is 13.6. The van der Waals surface area contributed by atoms with Gasteiger partial charge in [0.25, 0.3) is 0 Å². The van der Waals surface area contributed by atoms with Crippen molar-refractivity contribution >= 4 is 21.8 Å². The van der Waals surface area contributed by atoms with Crippen LogP contribution in [0.15, 0.2) is 54.9 Å². The highest BCUT2D eigenvalue weighted by atomic mass is 35.5. The van der Waals surface area contributed by atoms with Gasteiger partial charge in [-0.2, -0.15) is 0 Å². The van der Waals surface area contributed by atoms with E-state index in [4.69, 9.17) is 0 Å². The molecule has 25 heavy (non-hydrogen) atoms. The van der Waals surface area contributed by atoms with E-state index < -0.39 is 0 Å². The van der Waals surface area contributed by atoms with Gasteiger partial charge in [0, 0.05) is 16.8 Å². The van der Waals surface area contributed by atoms with Crippen LogP contribution in [0.25, 0.3) is 21.8 Å². The Balaban J connectivity index is 0.00000157. The number of halogens is 1. The number of nitrogens with zero attached hydrogens (tertiary/aromatic N) is 1. The SMILES string of the molecule is C[n+]1ccc2c(c1)[nH]c1c3ccc(c12)CCc1ccc(cc1)CC3.[Cl-]. The molecule has 2 aromatic heterocycles. The van der Waals surface area contributed by atoms with E-state index in [1.165, 1.54) is 44.1 Å². The van der Waals surface area contributed by atoms with Gasteiger partial charge in [0.05, 0.1) is 5.52 Å². The second-order valence-corrected chi connectivity index (χ2v) is 7.01. The van der Waals surface area contributed by atoms with Gasteiger partial charge in [0.2, 0.25) is 0 Å². The van der Waals surface area contributed by atoms with Crippen molar-refractivity contribution in [3.63, 3.8) is 0 Å². The molecule has 0 fully saturated rings. The average Bonchev–Trinajstić information content (AvgIpc) is 2.96. The summed E-state index contributed by atoms with van der Waals surface area (Å²) in [7, 11) is 2.08. The molecule has 0 spiro atoms. The second kappa shape index (κ2) is 6.20. The van der Waals surface area contributed by atoms with Crippen LogP contribution in [-0.4, -0.2) is 4.98 Å². The summed E-state index contributed by atoms with van der Waals surface area (Å²) < 4.78 is 2.12. The third-order valence-corrected chi connectivity index (χ3v) is 5.40. The van der Waals surface area contributed by atoms with Crippen molar-refractivity contribution in [1.82, 2.24) is 4.98 Å². The van der Waals surface area contributed by atoms with Crippen LogP contribution in [0, 0.1) is 0 Å². The number of rotatable bonds is 0. The van der Waals surface area contributed by atoms with Crippen molar-refractivity contribution in [3.8, 4) is 0 Å². The molecule has 0 atom stereocenters. The molecular formula is C22H21ClN2. The molecule has 126 valence electrons. The number of hydrogen-bond acceptors (Lipinski definition) is 0. The van der Waals surface area contributed by atoms with Crippen LogP contribution >= 0.6 is 0 Å². The molecule has 4 aliphatic rings. The Morgan fingerprint density at radius 2 is 1.44 bits per heavy atom. The largest absolute Gasteiger partial charge is 1.00 e. The van der Waals surface area contributed by atoms with E-state index in [2.05, 4.69) is 71.5 Å². The van der Waals surface area contributed by atoms with Crippen molar-refractivity contribution in [2.45, 2.75) is 25.7 Å². The van der Waals surface area contributed by atoms with Gasteiger partial charge in [-0.15, -0.1) is 0 Å². The molecule has 2 nitrogen and oxygen atoms in total. The van der Waals surface area contributed by atoms with Gasteiger partial charge in [-0.3, -0.25) is 0 Å². The third-order valence-electron chi connectivity index (χ3n) is 5.40. The summed E-state index contributed by atoms with van der Waals surface area (Å²) in [6.45, 7) is 0. The smallest absolute Gasteiger partial charge is 0.192 e. The first kappa shape index (κ1) is 16.2. The number of benzene rings is 2. The summed E-state index contributed by atoms with van der Waals surface area (Å²) in [6.07, 6.45) is 8.70. The highest BCUT2D eigenvalue weighted by molar-refractivity contribution is 6.09. The summed E-state index contributed by atoms with van der Waals surface area (Å²) in [6, 6.07) is 16.1. The van der Waals surface area contributed by atoms with E-state index in [-0.39, 0.29) is 12.4 Å². The predicted molar refractivity (Wildman–Crippen MR) is 98.2 cm³/mol. The number of hydrogen-bond donors (Lipinski definition) is 1. The van der Waals surface area contributed by atoms with Gasteiger partial charge in [0.15, 0.2) is 12.4 Å². The molecule has 0 radical (unpaired) electrons. The Morgan fingerprint density at radius 3 is 2.16 bits per heavy atom. The standard InChI is InChI=1S/C22H20N2.ClH/c1-24-13-12-19-20(14-24)23-22-18-9-7-16-4-2-15(3-5-16)6-8-17(10-11-18)21(19)22;/h2-5,10-14H,6-9H2,1H3;1H. The van der Waals surface area contributed by atoms with Crippen LogP contribution in [0.3, 0.4) is 0 Å². The van der Waals surface area contributed by atoms with E-state index in [0.29, 0.717) is 0 Å². The van der Waals surface area contributed by atoms with Crippen molar-refractivity contribution < 1.29 is 17.0 Å². The molecule has 8 rings (SSSR count). The van der Waals surface area contributed by atoms with Gasteiger partial charge in [0.1, 0.15) is 12.6 Å². The van der Waals surface area contributed by atoms with Crippen LogP contribution in [-0.2, 0) is 32.7 Å². The summed E-state index contributed by atoms with van der Waals surface area (Å²) >= 11 is 0. The predicted octanol–water partition coefficient (Wildman–Crippen LogP) is 1.03. The van der Waals surface area contributed by atoms with Crippen molar-refractivity contribution in [2.24, 2.45) is 7.05 Å². The Bertz CT molecular complexity index is 1060. The molecule has 4 aliphatic carbocycles. The molecule has 0 saturated heterocycles. The Morgan fingerprint density at radius 1 is 0.800 bits per heavy atom. The number of fused-ring (bicyclic) bond motifs is 1. The first-order chi connectivity index (χ1) is 11.8. The number of H-pyrrole nitrogens is 1. The quantitative estimate of drug-likeness (QED) is 0.458. The molecule has 4 aromatic rings. The highest BCUT2D eigenvalue weighted by Crippen LogP contribution is 2.32. The fourth-order valence-corrected chi connectivity index (χ4v) is 4.04. The molecule has 2 heterocycles. The second-order valence-electron chi connectivity index (χ2n) is 7.01. The lowest BCUT2D eigenvalue weighted by molar-refractivity contribution is -0.670. The van der Waals surface area contributed by atoms with E-state index in [1.807, 2.05) is 0 Å². The number of aromatic nitrogens is 2. The van der Waals surface area contributed by atoms with Crippen LogP contribution in [0.5, 0.6) is 0 Å². The van der Waals surface area contributed by atoms with E-state index >= 15 is 0 Å². The molecule has 0 saturated carbocycles. The van der Waals surface area contributed by atoms with Gasteiger partial charge in [-0.25, -0.2) is 4.57 Å². The van der Waals surface area contributed by atoms with E-state index in [9.17, 15) is 0 Å². The van der Waals surface area contributed by atoms with Crippen LogP contribution < -0.4 is 17.0 Å². The van der Waals surface area contributed by atoms with E-state index in [0.717, 1.165) is 25.7 Å². The van der Waals surface area contributed by atoms with Gasteiger partial charge < -0.3 is 17.4 Å². The number of nitrogens with one attached hydrogen (secondary N) is 1. The fourth-order valence-electron chi connectivity index (χ4n) is 4.04. The summed E-state index contributed by atoms with van der Waals surface area (Å²) in [5, 5.41) is 2.78. The monoisotopic (exact) mass is 348 g/mol. The minimum Gasteiger partial charge on any atom is -1.00 e. The lowest BCUT2D eigenvalue weighted by atomic mass is 9.93. The molecule has 0 amide bonds. The zero-order chi connectivity index (χ0) is 16.1. The van der Waals surface area contributed by atoms with Crippen LogP contribution in [0.1, 0.15) is 22.3 Å². The summed E-state index contributed by atoms with van der Waals surface area (Å²) in [4.78, 5) is 3.70. The van der Waals surface area contributed by atoms with Crippen molar-refractivity contribution in [2.75, 3.05) is 0 Å². The van der Waals surface area contributed by atoms with Crippen LogP contribution in [0.4, 0.5) is 0 Å². The lowest BCUT2D eigenvalue weighted by Gasteiger charge is -2.12. The van der Waals surface area contributed by atoms with E-state index in [1.54, 1.807) is 0 Å². The number of pyridine rings is 1. The summed E-state index contributed by atoms with van der Waals surface area (Å²) in [5.74, 6) is 0. The Hall–Kier alpha value is -2.32. The molecule has 2 aromatic carbocycles. The maximum atomic E-state index is 3.70. The average molecular weight is 349 g/mol. The molecular weight excluding hydrogens is 328 g/mol. The fraction of sp³-hybridized carbons (Fsp3) is 0.227. The van der Waals surface area contributed by atoms with Crippen LogP contribution in [0.2, 0.25) is 0 Å². The summed E-state index contributed by atoms with van der Waals surface area (Å²) in [5.41, 5.74) is 8.32. The third kappa shape index (κ3) is 2.71. The molecule has 4 bridgehead atoms. The number of aryl methyl sites for hydroxylation is 5. The zero-order valence-corrected chi connectivity index (χ0v) is 15.1. The zero-order valence-electron chi connectivity index (χ0n) is 14.3. The minimum absolute atomic E-state index is 0. The maximum absolute atomic E-state index is 3.70. The Kier molecular flexibility index (Phi) is 4.01. The Labute approximate surface area is 153 Å². The molecule has 0 unspecified atom stereocenters. The minimum atomic E-state index is 0. The molecule has 0 aliphatic heterocycles. The first-order valence-corrected chi connectivity index (χ1v) is 8.77. The van der Waals surface area contributed by atoms with Gasteiger partial charge in [-0.05, 0) is 47.9 Å². The topological polar surface area (TPSA) is 19.7 Å². The molecule has 1 N–H and O–H groups in total. The van der Waals surface area contributed by atoms with Gasteiger partial charge >= 0.3 is 0 Å². The van der Waals surface area contributed by atoms with Crippen molar-refractivity contribution in [3.05, 3.63) is 77.1 Å². The highest BCUT2D eigenvalue weighted by Gasteiger charge is 2.15.